The van der Waals surface area contributed by atoms with Gasteiger partial charge < -0.3 is 15.8 Å². The molecule has 1 aromatic carbocycles. The first-order chi connectivity index (χ1) is 10.4. The first kappa shape index (κ1) is 19.9. The van der Waals surface area contributed by atoms with Gasteiger partial charge in [-0.05, 0) is 43.0 Å². The Morgan fingerprint density at radius 2 is 1.96 bits per heavy atom. The third kappa shape index (κ3) is 5.76. The van der Waals surface area contributed by atoms with Crippen LogP contribution in [0, 0.1) is 5.92 Å². The number of hydrogen-bond donors (Lipinski definition) is 2. The zero-order valence-corrected chi connectivity index (χ0v) is 14.7. The van der Waals surface area contributed by atoms with Crippen LogP contribution in [0.5, 0.6) is 0 Å². The van der Waals surface area contributed by atoms with Crippen LogP contribution in [0.25, 0.3) is 0 Å². The molecule has 0 aromatic heterocycles. The molecule has 0 saturated heterocycles. The van der Waals surface area contributed by atoms with Gasteiger partial charge in [-0.1, -0.05) is 0 Å². The number of carbonyl (C=O) groups excluding carboxylic acids is 1. The van der Waals surface area contributed by atoms with Gasteiger partial charge in [0.25, 0.3) is 5.91 Å². The first-order valence-corrected chi connectivity index (χ1v) is 8.95. The van der Waals surface area contributed by atoms with Crippen LogP contribution in [0.3, 0.4) is 0 Å². The quantitative estimate of drug-likeness (QED) is 0.718. The van der Waals surface area contributed by atoms with Gasteiger partial charge in [-0.15, -0.1) is 12.4 Å². The minimum Gasteiger partial charge on any atom is -0.384 e. The highest BCUT2D eigenvalue weighted by molar-refractivity contribution is 7.91. The number of sulfone groups is 1. The number of ether oxygens (including phenoxy) is 1. The molecule has 3 N–H and O–H groups in total. The maximum absolute atomic E-state index is 12.0. The van der Waals surface area contributed by atoms with Gasteiger partial charge in [-0.2, -0.15) is 0 Å². The van der Waals surface area contributed by atoms with Gasteiger partial charge in [-0.3, -0.25) is 4.79 Å². The molecule has 0 spiro atoms. The lowest BCUT2D eigenvalue weighted by Crippen LogP contribution is -2.38. The molecule has 0 aliphatic heterocycles. The smallest absolute Gasteiger partial charge is 0.251 e. The van der Waals surface area contributed by atoms with Crippen LogP contribution in [0.4, 0.5) is 0 Å². The van der Waals surface area contributed by atoms with Crippen LogP contribution in [-0.2, 0) is 14.6 Å². The van der Waals surface area contributed by atoms with E-state index in [0.29, 0.717) is 18.0 Å². The minimum atomic E-state index is -3.37. The van der Waals surface area contributed by atoms with Crippen molar-refractivity contribution < 1.29 is 17.9 Å². The van der Waals surface area contributed by atoms with Gasteiger partial charge in [0.15, 0.2) is 9.84 Å². The number of nitrogens with two attached hydrogens (primary N) is 1. The summed E-state index contributed by atoms with van der Waals surface area (Å²) in [5.41, 5.74) is 6.35. The molecule has 1 saturated carbocycles. The summed E-state index contributed by atoms with van der Waals surface area (Å²) in [5.74, 6) is 0.205. The standard InChI is InChI=1S/C15H22N2O4S.ClH/c1-21-8-9-22(19,20)13-6-4-12(5-7-13)15(18)17-10-14(16)11-2-3-11;/h4-7,11,14H,2-3,8-10,16H2,1H3,(H,17,18);1H. The summed E-state index contributed by atoms with van der Waals surface area (Å²) in [6.07, 6.45) is 2.26. The molecule has 1 aliphatic rings. The Labute approximate surface area is 143 Å². The Hall–Kier alpha value is -1.15. The number of halogens is 1. The number of amides is 1. The largest absolute Gasteiger partial charge is 0.384 e. The van der Waals surface area contributed by atoms with Crippen LogP contribution in [0.1, 0.15) is 23.2 Å². The highest BCUT2D eigenvalue weighted by atomic mass is 35.5. The van der Waals surface area contributed by atoms with E-state index in [1.54, 1.807) is 0 Å². The van der Waals surface area contributed by atoms with Crippen LogP contribution < -0.4 is 11.1 Å². The van der Waals surface area contributed by atoms with Gasteiger partial charge in [0.1, 0.15) is 0 Å². The Balaban J connectivity index is 0.00000264. The van der Waals surface area contributed by atoms with Crippen LogP contribution in [-0.4, -0.2) is 46.4 Å². The van der Waals surface area contributed by atoms with E-state index < -0.39 is 9.84 Å². The lowest BCUT2D eigenvalue weighted by atomic mass is 10.2. The minimum absolute atomic E-state index is 0. The van der Waals surface area contributed by atoms with E-state index in [1.165, 1.54) is 31.4 Å². The molecule has 1 amide bonds. The second-order valence-electron chi connectivity index (χ2n) is 5.55. The fourth-order valence-electron chi connectivity index (χ4n) is 2.13. The molecule has 1 atom stereocenters. The zero-order valence-electron chi connectivity index (χ0n) is 13.0. The van der Waals surface area contributed by atoms with E-state index in [-0.39, 0.29) is 41.6 Å². The summed E-state index contributed by atoms with van der Waals surface area (Å²) in [6, 6.07) is 5.91. The normalized spacial score (nSPS) is 15.6. The molecule has 1 aromatic rings. The average molecular weight is 363 g/mol. The molecule has 0 bridgehead atoms. The monoisotopic (exact) mass is 362 g/mol. The summed E-state index contributed by atoms with van der Waals surface area (Å²) >= 11 is 0. The van der Waals surface area contributed by atoms with Gasteiger partial charge >= 0.3 is 0 Å². The SMILES string of the molecule is COCCS(=O)(=O)c1ccc(C(=O)NCC(N)C2CC2)cc1.Cl. The first-order valence-electron chi connectivity index (χ1n) is 7.29. The van der Waals surface area contributed by atoms with E-state index in [1.807, 2.05) is 0 Å². The van der Waals surface area contributed by atoms with Crippen molar-refractivity contribution in [3.63, 3.8) is 0 Å². The summed E-state index contributed by atoms with van der Waals surface area (Å²) in [5, 5.41) is 2.78. The van der Waals surface area contributed by atoms with Crippen molar-refractivity contribution >= 4 is 28.2 Å². The number of methoxy groups -OCH3 is 1. The summed E-state index contributed by atoms with van der Waals surface area (Å²) < 4.78 is 28.7. The third-order valence-corrected chi connectivity index (χ3v) is 5.45. The maximum atomic E-state index is 12.0. The molecule has 1 unspecified atom stereocenters. The van der Waals surface area contributed by atoms with Crippen molar-refractivity contribution in [1.29, 1.82) is 0 Å². The fourth-order valence-corrected chi connectivity index (χ4v) is 3.30. The molecule has 23 heavy (non-hydrogen) atoms. The van der Waals surface area contributed by atoms with E-state index >= 15 is 0 Å². The van der Waals surface area contributed by atoms with E-state index in [0.717, 1.165) is 12.8 Å². The van der Waals surface area contributed by atoms with Crippen LogP contribution in [0.2, 0.25) is 0 Å². The second-order valence-corrected chi connectivity index (χ2v) is 7.66. The number of nitrogens with one attached hydrogen (secondary N) is 1. The molecule has 0 heterocycles. The lowest BCUT2D eigenvalue weighted by Gasteiger charge is -2.11. The van der Waals surface area contributed by atoms with Crippen LogP contribution >= 0.6 is 12.4 Å². The Bertz CT molecular complexity index is 615. The highest BCUT2D eigenvalue weighted by Crippen LogP contribution is 2.31. The number of hydrogen-bond acceptors (Lipinski definition) is 5. The Morgan fingerprint density at radius 1 is 1.35 bits per heavy atom. The van der Waals surface area contributed by atoms with Crippen LogP contribution in [0.15, 0.2) is 29.2 Å². The molecule has 2 rings (SSSR count). The van der Waals surface area contributed by atoms with Crippen molar-refractivity contribution in [3.8, 4) is 0 Å². The van der Waals surface area contributed by atoms with Crippen molar-refractivity contribution in [3.05, 3.63) is 29.8 Å². The van der Waals surface area contributed by atoms with Crippen molar-refractivity contribution in [2.45, 2.75) is 23.8 Å². The molecule has 1 fully saturated rings. The van der Waals surface area contributed by atoms with E-state index in [9.17, 15) is 13.2 Å². The number of rotatable bonds is 8. The van der Waals surface area contributed by atoms with Crippen molar-refractivity contribution in [1.82, 2.24) is 5.32 Å². The maximum Gasteiger partial charge on any atom is 0.251 e. The van der Waals surface area contributed by atoms with Gasteiger partial charge in [0.05, 0.1) is 17.3 Å². The average Bonchev–Trinajstić information content (AvgIpc) is 3.35. The summed E-state index contributed by atoms with van der Waals surface area (Å²) in [7, 11) is -1.92. The third-order valence-electron chi connectivity index (χ3n) is 3.76. The molecular formula is C15H23ClN2O4S. The lowest BCUT2D eigenvalue weighted by molar-refractivity contribution is 0.0950. The number of carbonyl (C=O) groups is 1. The molecule has 1 aliphatic carbocycles. The Kier molecular flexibility index (Phi) is 7.47. The van der Waals surface area contributed by atoms with E-state index in [4.69, 9.17) is 10.5 Å². The highest BCUT2D eigenvalue weighted by Gasteiger charge is 2.28. The van der Waals surface area contributed by atoms with Gasteiger partial charge in [0, 0.05) is 25.3 Å². The van der Waals surface area contributed by atoms with Crippen molar-refractivity contribution in [2.24, 2.45) is 11.7 Å². The molecule has 130 valence electrons. The topological polar surface area (TPSA) is 98.5 Å². The Morgan fingerprint density at radius 3 is 2.48 bits per heavy atom. The van der Waals surface area contributed by atoms with E-state index in [2.05, 4.69) is 5.32 Å². The molecule has 8 heteroatoms. The summed E-state index contributed by atoms with van der Waals surface area (Å²) in [4.78, 5) is 12.2. The van der Waals surface area contributed by atoms with Gasteiger partial charge in [-0.25, -0.2) is 8.42 Å². The van der Waals surface area contributed by atoms with Gasteiger partial charge in [0.2, 0.25) is 0 Å². The zero-order chi connectivity index (χ0) is 16.2. The molecule has 6 nitrogen and oxygen atoms in total. The summed E-state index contributed by atoms with van der Waals surface area (Å²) in [6.45, 7) is 0.584. The number of benzene rings is 1. The molecule has 0 radical (unpaired) electrons. The molecular weight excluding hydrogens is 340 g/mol. The fraction of sp³-hybridized carbons (Fsp3) is 0.533. The predicted molar refractivity (Wildman–Crippen MR) is 90.7 cm³/mol. The second kappa shape index (κ2) is 8.63. The van der Waals surface area contributed by atoms with Crippen molar-refractivity contribution in [2.75, 3.05) is 26.0 Å². The predicted octanol–water partition coefficient (Wildman–Crippen LogP) is 0.996.